The third-order valence-corrected chi connectivity index (χ3v) is 5.00. The van der Waals surface area contributed by atoms with Gasteiger partial charge in [-0.25, -0.2) is 8.42 Å². The SMILES string of the molecule is CC[C@@H](NC(=O)c1ccccc1Cl)c1ccc(S(C)(=O)=O)cc1. The Balaban J connectivity index is 2.20. The van der Waals surface area contributed by atoms with Crippen LogP contribution in [0.15, 0.2) is 53.4 Å². The molecule has 122 valence electrons. The van der Waals surface area contributed by atoms with E-state index in [0.29, 0.717) is 17.0 Å². The number of benzene rings is 2. The molecule has 0 radical (unpaired) electrons. The number of rotatable bonds is 5. The van der Waals surface area contributed by atoms with E-state index < -0.39 is 9.84 Å². The highest BCUT2D eigenvalue weighted by molar-refractivity contribution is 7.90. The van der Waals surface area contributed by atoms with Gasteiger partial charge in [0.25, 0.3) is 5.91 Å². The van der Waals surface area contributed by atoms with Gasteiger partial charge in [0.15, 0.2) is 9.84 Å². The molecule has 2 rings (SSSR count). The quantitative estimate of drug-likeness (QED) is 0.894. The van der Waals surface area contributed by atoms with Gasteiger partial charge in [-0.1, -0.05) is 42.8 Å². The first-order valence-electron chi connectivity index (χ1n) is 7.18. The van der Waals surface area contributed by atoms with Crippen molar-refractivity contribution in [3.8, 4) is 0 Å². The molecular formula is C17H18ClNO3S. The average Bonchev–Trinajstić information content (AvgIpc) is 2.52. The first kappa shape index (κ1) is 17.5. The molecule has 1 amide bonds. The van der Waals surface area contributed by atoms with Crippen molar-refractivity contribution in [2.24, 2.45) is 0 Å². The lowest BCUT2D eigenvalue weighted by Gasteiger charge is -2.18. The zero-order valence-corrected chi connectivity index (χ0v) is 14.5. The number of sulfone groups is 1. The monoisotopic (exact) mass is 351 g/mol. The van der Waals surface area contributed by atoms with E-state index in [-0.39, 0.29) is 16.8 Å². The molecule has 0 aliphatic rings. The molecular weight excluding hydrogens is 334 g/mol. The molecule has 0 bridgehead atoms. The van der Waals surface area contributed by atoms with Gasteiger partial charge in [-0.15, -0.1) is 0 Å². The molecule has 1 atom stereocenters. The lowest BCUT2D eigenvalue weighted by atomic mass is 10.0. The Morgan fingerprint density at radius 3 is 2.26 bits per heavy atom. The van der Waals surface area contributed by atoms with Crippen LogP contribution in [-0.2, 0) is 9.84 Å². The standard InChI is InChI=1S/C17H18ClNO3S/c1-3-16(12-8-10-13(11-9-12)23(2,21)22)19-17(20)14-6-4-5-7-15(14)18/h4-11,16H,3H2,1-2H3,(H,19,20)/t16-/m1/s1. The summed E-state index contributed by atoms with van der Waals surface area (Å²) in [6, 6.07) is 13.2. The summed E-state index contributed by atoms with van der Waals surface area (Å²) in [6.07, 6.45) is 1.84. The summed E-state index contributed by atoms with van der Waals surface area (Å²) >= 11 is 6.04. The number of hydrogen-bond donors (Lipinski definition) is 1. The molecule has 0 spiro atoms. The van der Waals surface area contributed by atoms with Crippen LogP contribution in [-0.4, -0.2) is 20.6 Å². The summed E-state index contributed by atoms with van der Waals surface area (Å²) in [5.41, 5.74) is 1.26. The summed E-state index contributed by atoms with van der Waals surface area (Å²) in [7, 11) is -3.23. The van der Waals surface area contributed by atoms with Gasteiger partial charge in [0.05, 0.1) is 21.5 Å². The Hall–Kier alpha value is -1.85. The molecule has 23 heavy (non-hydrogen) atoms. The second kappa shape index (κ2) is 7.15. The van der Waals surface area contributed by atoms with Gasteiger partial charge in [0.2, 0.25) is 0 Å². The van der Waals surface area contributed by atoms with E-state index in [4.69, 9.17) is 11.6 Å². The molecule has 0 aliphatic carbocycles. The maximum atomic E-state index is 12.3. The lowest BCUT2D eigenvalue weighted by molar-refractivity contribution is 0.0935. The first-order chi connectivity index (χ1) is 10.8. The van der Waals surface area contributed by atoms with Crippen molar-refractivity contribution in [1.82, 2.24) is 5.32 Å². The van der Waals surface area contributed by atoms with Gasteiger partial charge in [-0.2, -0.15) is 0 Å². The summed E-state index contributed by atoms with van der Waals surface area (Å²) in [5, 5.41) is 3.32. The zero-order valence-electron chi connectivity index (χ0n) is 12.9. The normalized spacial score (nSPS) is 12.7. The Morgan fingerprint density at radius 2 is 1.74 bits per heavy atom. The Kier molecular flexibility index (Phi) is 5.44. The van der Waals surface area contributed by atoms with Gasteiger partial charge in [0.1, 0.15) is 0 Å². The van der Waals surface area contributed by atoms with E-state index in [2.05, 4.69) is 5.32 Å². The predicted molar refractivity (Wildman–Crippen MR) is 91.5 cm³/mol. The average molecular weight is 352 g/mol. The minimum atomic E-state index is -3.23. The second-order valence-corrected chi connectivity index (χ2v) is 7.68. The third-order valence-electron chi connectivity index (χ3n) is 3.54. The molecule has 0 unspecified atom stereocenters. The van der Waals surface area contributed by atoms with Crippen LogP contribution in [0.25, 0.3) is 0 Å². The molecule has 0 aromatic heterocycles. The van der Waals surface area contributed by atoms with Crippen LogP contribution in [0.4, 0.5) is 0 Å². The van der Waals surface area contributed by atoms with E-state index >= 15 is 0 Å². The topological polar surface area (TPSA) is 63.2 Å². The van der Waals surface area contributed by atoms with Crippen LogP contribution in [0.5, 0.6) is 0 Å². The van der Waals surface area contributed by atoms with Crippen molar-refractivity contribution in [2.45, 2.75) is 24.3 Å². The number of hydrogen-bond acceptors (Lipinski definition) is 3. The summed E-state index contributed by atoms with van der Waals surface area (Å²) in [6.45, 7) is 1.95. The van der Waals surface area contributed by atoms with Crippen LogP contribution in [0.2, 0.25) is 5.02 Å². The highest BCUT2D eigenvalue weighted by atomic mass is 35.5. The van der Waals surface area contributed by atoms with E-state index in [1.54, 1.807) is 48.5 Å². The molecule has 6 heteroatoms. The maximum Gasteiger partial charge on any atom is 0.253 e. The fourth-order valence-electron chi connectivity index (χ4n) is 2.25. The Labute approximate surface area is 141 Å². The zero-order chi connectivity index (χ0) is 17.0. The van der Waals surface area contributed by atoms with E-state index in [1.165, 1.54) is 6.26 Å². The Bertz CT molecular complexity index is 801. The molecule has 0 fully saturated rings. The molecule has 0 saturated carbocycles. The smallest absolute Gasteiger partial charge is 0.253 e. The number of nitrogens with one attached hydrogen (secondary N) is 1. The molecule has 0 aliphatic heterocycles. The van der Waals surface area contributed by atoms with Crippen LogP contribution < -0.4 is 5.32 Å². The second-order valence-electron chi connectivity index (χ2n) is 5.26. The first-order valence-corrected chi connectivity index (χ1v) is 9.45. The van der Waals surface area contributed by atoms with E-state index in [9.17, 15) is 13.2 Å². The van der Waals surface area contributed by atoms with Crippen molar-refractivity contribution in [3.63, 3.8) is 0 Å². The maximum absolute atomic E-state index is 12.3. The fourth-order valence-corrected chi connectivity index (χ4v) is 3.10. The number of amides is 1. The highest BCUT2D eigenvalue weighted by Crippen LogP contribution is 2.21. The van der Waals surface area contributed by atoms with Crippen molar-refractivity contribution in [3.05, 3.63) is 64.7 Å². The molecule has 0 heterocycles. The summed E-state index contributed by atoms with van der Waals surface area (Å²) in [4.78, 5) is 12.6. The Morgan fingerprint density at radius 1 is 1.13 bits per heavy atom. The predicted octanol–water partition coefficient (Wildman–Crippen LogP) is 3.62. The van der Waals surface area contributed by atoms with Crippen LogP contribution >= 0.6 is 11.6 Å². The molecule has 1 N–H and O–H groups in total. The van der Waals surface area contributed by atoms with Gasteiger partial charge in [0, 0.05) is 6.26 Å². The van der Waals surface area contributed by atoms with Crippen LogP contribution in [0.3, 0.4) is 0 Å². The molecule has 0 saturated heterocycles. The molecule has 2 aromatic carbocycles. The van der Waals surface area contributed by atoms with Crippen molar-refractivity contribution < 1.29 is 13.2 Å². The largest absolute Gasteiger partial charge is 0.345 e. The lowest BCUT2D eigenvalue weighted by Crippen LogP contribution is -2.28. The molecule has 4 nitrogen and oxygen atoms in total. The van der Waals surface area contributed by atoms with E-state index in [0.717, 1.165) is 5.56 Å². The van der Waals surface area contributed by atoms with Gasteiger partial charge >= 0.3 is 0 Å². The van der Waals surface area contributed by atoms with Crippen LogP contribution in [0.1, 0.15) is 35.3 Å². The van der Waals surface area contributed by atoms with Crippen molar-refractivity contribution in [2.75, 3.05) is 6.26 Å². The van der Waals surface area contributed by atoms with Crippen molar-refractivity contribution >= 4 is 27.3 Å². The minimum Gasteiger partial charge on any atom is -0.345 e. The number of halogens is 1. The van der Waals surface area contributed by atoms with Gasteiger partial charge in [-0.05, 0) is 36.2 Å². The van der Waals surface area contributed by atoms with Crippen LogP contribution in [0, 0.1) is 0 Å². The minimum absolute atomic E-state index is 0.215. The highest BCUT2D eigenvalue weighted by Gasteiger charge is 2.16. The summed E-state index contributed by atoms with van der Waals surface area (Å²) < 4.78 is 23.0. The summed E-state index contributed by atoms with van der Waals surface area (Å²) in [5.74, 6) is -0.255. The fraction of sp³-hybridized carbons (Fsp3) is 0.235. The van der Waals surface area contributed by atoms with Crippen molar-refractivity contribution in [1.29, 1.82) is 0 Å². The number of carbonyl (C=O) groups is 1. The molecule has 2 aromatic rings. The van der Waals surface area contributed by atoms with E-state index in [1.807, 2.05) is 6.92 Å². The van der Waals surface area contributed by atoms with Gasteiger partial charge in [-0.3, -0.25) is 4.79 Å². The third kappa shape index (κ3) is 4.33. The number of carbonyl (C=O) groups excluding carboxylic acids is 1. The van der Waals surface area contributed by atoms with Gasteiger partial charge < -0.3 is 5.32 Å².